The Balaban J connectivity index is 1.99. The van der Waals surface area contributed by atoms with Crippen LogP contribution in [0.15, 0.2) is 18.2 Å². The van der Waals surface area contributed by atoms with Crippen molar-refractivity contribution in [2.24, 2.45) is 0 Å². The fraction of sp³-hybridized carbons (Fsp3) is 0.600. The lowest BCUT2D eigenvalue weighted by Crippen LogP contribution is -2.50. The molecule has 1 N–H and O–H groups in total. The van der Waals surface area contributed by atoms with Gasteiger partial charge in [0.25, 0.3) is 0 Å². The maximum atomic E-state index is 14.2. The molecular weight excluding hydrogens is 295 g/mol. The van der Waals surface area contributed by atoms with E-state index < -0.39 is 31.8 Å². The van der Waals surface area contributed by atoms with Gasteiger partial charge in [-0.1, -0.05) is 6.42 Å². The average Bonchev–Trinajstić information content (AvgIpc) is 2.40. The normalized spacial score (nSPS) is 34.4. The molecule has 21 heavy (non-hydrogen) atoms. The first-order chi connectivity index (χ1) is 9.87. The van der Waals surface area contributed by atoms with Gasteiger partial charge in [0.1, 0.15) is 11.6 Å². The Morgan fingerprint density at radius 3 is 2.43 bits per heavy atom. The molecule has 2 bridgehead atoms. The molecule has 0 spiro atoms. The summed E-state index contributed by atoms with van der Waals surface area (Å²) >= 11 is 0. The molecule has 0 amide bonds. The fourth-order valence-corrected chi connectivity index (χ4v) is 6.22. The zero-order valence-corrected chi connectivity index (χ0v) is 12.7. The zero-order chi connectivity index (χ0) is 15.3. The minimum absolute atomic E-state index is 0.0785. The standard InChI is InChI=1S/C15H19FO4S/c1-20-10-5-6-13(14(16)7-10)15(17)8-11-3-2-4-12(9-15)21(11,18)19/h5-7,11-12,17H,2-4,8-9H2,1H3. The number of halogens is 1. The van der Waals surface area contributed by atoms with Crippen LogP contribution in [-0.4, -0.2) is 31.1 Å². The Bertz CT molecular complexity index is 636. The molecule has 2 unspecified atom stereocenters. The van der Waals surface area contributed by atoms with E-state index in [1.54, 1.807) is 6.07 Å². The summed E-state index contributed by atoms with van der Waals surface area (Å²) in [5, 5.41) is 9.76. The number of benzene rings is 1. The van der Waals surface area contributed by atoms with Gasteiger partial charge in [0.2, 0.25) is 0 Å². The molecule has 1 aromatic rings. The molecule has 0 aromatic heterocycles. The SMILES string of the molecule is COc1ccc(C2(O)CC3CCCC(C2)S3(=O)=O)c(F)c1. The molecule has 3 rings (SSSR count). The first kappa shape index (κ1) is 14.8. The van der Waals surface area contributed by atoms with E-state index in [1.807, 2.05) is 0 Å². The van der Waals surface area contributed by atoms with E-state index in [-0.39, 0.29) is 18.4 Å². The van der Waals surface area contributed by atoms with Crippen molar-refractivity contribution in [3.8, 4) is 5.75 Å². The van der Waals surface area contributed by atoms with Crippen LogP contribution in [0.2, 0.25) is 0 Å². The van der Waals surface area contributed by atoms with Crippen LogP contribution in [-0.2, 0) is 15.4 Å². The van der Waals surface area contributed by atoms with Crippen LogP contribution in [0, 0.1) is 5.82 Å². The highest BCUT2D eigenvalue weighted by Crippen LogP contribution is 2.46. The Labute approximate surface area is 123 Å². The first-order valence-corrected chi connectivity index (χ1v) is 8.77. The van der Waals surface area contributed by atoms with Crippen LogP contribution in [0.3, 0.4) is 0 Å². The smallest absolute Gasteiger partial charge is 0.156 e. The van der Waals surface area contributed by atoms with Crippen molar-refractivity contribution >= 4 is 9.84 Å². The van der Waals surface area contributed by atoms with Crippen LogP contribution >= 0.6 is 0 Å². The van der Waals surface area contributed by atoms with Gasteiger partial charge < -0.3 is 9.84 Å². The summed E-state index contributed by atoms with van der Waals surface area (Å²) in [6, 6.07) is 4.32. The predicted molar refractivity (Wildman–Crippen MR) is 76.4 cm³/mol. The lowest BCUT2D eigenvalue weighted by atomic mass is 9.80. The summed E-state index contributed by atoms with van der Waals surface area (Å²) in [7, 11) is -1.73. The van der Waals surface area contributed by atoms with Gasteiger partial charge in [-0.15, -0.1) is 0 Å². The maximum Gasteiger partial charge on any atom is 0.156 e. The molecule has 2 aliphatic rings. The van der Waals surface area contributed by atoms with Gasteiger partial charge in [0.15, 0.2) is 9.84 Å². The second kappa shape index (κ2) is 4.95. The number of ether oxygens (including phenoxy) is 1. The molecule has 4 nitrogen and oxygen atoms in total. The molecule has 0 saturated carbocycles. The molecule has 116 valence electrons. The van der Waals surface area contributed by atoms with Crippen molar-refractivity contribution in [3.63, 3.8) is 0 Å². The number of rotatable bonds is 2. The van der Waals surface area contributed by atoms with E-state index in [1.165, 1.54) is 19.2 Å². The highest BCUT2D eigenvalue weighted by Gasteiger charge is 2.51. The number of methoxy groups -OCH3 is 1. The summed E-state index contributed by atoms with van der Waals surface area (Å²) in [5.74, 6) is -0.169. The van der Waals surface area contributed by atoms with Gasteiger partial charge in [0, 0.05) is 11.6 Å². The van der Waals surface area contributed by atoms with Crippen LogP contribution < -0.4 is 4.74 Å². The van der Waals surface area contributed by atoms with Gasteiger partial charge in [-0.2, -0.15) is 0 Å². The molecule has 1 aromatic carbocycles. The first-order valence-electron chi connectivity index (χ1n) is 7.16. The number of aliphatic hydroxyl groups is 1. The largest absolute Gasteiger partial charge is 0.497 e. The van der Waals surface area contributed by atoms with E-state index in [9.17, 15) is 17.9 Å². The van der Waals surface area contributed by atoms with Crippen LogP contribution in [0.5, 0.6) is 5.75 Å². The molecule has 0 radical (unpaired) electrons. The Morgan fingerprint density at radius 1 is 1.29 bits per heavy atom. The van der Waals surface area contributed by atoms with Crippen molar-refractivity contribution in [1.82, 2.24) is 0 Å². The number of hydrogen-bond donors (Lipinski definition) is 1. The molecule has 6 heteroatoms. The van der Waals surface area contributed by atoms with Gasteiger partial charge >= 0.3 is 0 Å². The van der Waals surface area contributed by atoms with Crippen LogP contribution in [0.4, 0.5) is 4.39 Å². The summed E-state index contributed by atoms with van der Waals surface area (Å²) in [6.07, 6.45) is 2.12. The van der Waals surface area contributed by atoms with E-state index in [0.29, 0.717) is 18.6 Å². The van der Waals surface area contributed by atoms with Gasteiger partial charge in [-0.3, -0.25) is 0 Å². The molecule has 2 saturated heterocycles. The quantitative estimate of drug-likeness (QED) is 0.908. The molecule has 2 aliphatic heterocycles. The van der Waals surface area contributed by atoms with Crippen molar-refractivity contribution in [1.29, 1.82) is 0 Å². The lowest BCUT2D eigenvalue weighted by molar-refractivity contribution is 0.00181. The third-order valence-electron chi connectivity index (χ3n) is 4.79. The molecule has 2 fully saturated rings. The Morgan fingerprint density at radius 2 is 1.90 bits per heavy atom. The van der Waals surface area contributed by atoms with E-state index in [2.05, 4.69) is 0 Å². The number of fused-ring (bicyclic) bond motifs is 2. The Hall–Kier alpha value is -1.14. The van der Waals surface area contributed by atoms with Crippen molar-refractivity contribution in [2.75, 3.05) is 7.11 Å². The molecule has 2 atom stereocenters. The molecule has 2 heterocycles. The maximum absolute atomic E-state index is 14.2. The molecule has 0 aliphatic carbocycles. The van der Waals surface area contributed by atoms with Gasteiger partial charge in [0.05, 0.1) is 23.2 Å². The monoisotopic (exact) mass is 314 g/mol. The number of sulfone groups is 1. The van der Waals surface area contributed by atoms with E-state index >= 15 is 0 Å². The summed E-state index contributed by atoms with van der Waals surface area (Å²) < 4.78 is 43.8. The van der Waals surface area contributed by atoms with Crippen LogP contribution in [0.25, 0.3) is 0 Å². The summed E-state index contributed by atoms with van der Waals surface area (Å²) in [6.45, 7) is 0. The van der Waals surface area contributed by atoms with E-state index in [4.69, 9.17) is 4.74 Å². The topological polar surface area (TPSA) is 63.6 Å². The summed E-state index contributed by atoms with van der Waals surface area (Å²) in [4.78, 5) is 0. The third-order valence-corrected chi connectivity index (χ3v) is 7.45. The number of hydrogen-bond acceptors (Lipinski definition) is 4. The second-order valence-corrected chi connectivity index (χ2v) is 8.56. The third kappa shape index (κ3) is 2.34. The minimum atomic E-state index is -3.18. The Kier molecular flexibility index (Phi) is 3.48. The predicted octanol–water partition coefficient (Wildman–Crippen LogP) is 2.15. The highest BCUT2D eigenvalue weighted by molar-refractivity contribution is 7.92. The fourth-order valence-electron chi connectivity index (χ4n) is 3.67. The molecular formula is C15H19FO4S. The minimum Gasteiger partial charge on any atom is -0.497 e. The zero-order valence-electron chi connectivity index (χ0n) is 11.9. The van der Waals surface area contributed by atoms with Crippen molar-refractivity contribution in [3.05, 3.63) is 29.6 Å². The second-order valence-electron chi connectivity index (χ2n) is 6.05. The van der Waals surface area contributed by atoms with Crippen molar-refractivity contribution in [2.45, 2.75) is 48.2 Å². The average molecular weight is 314 g/mol. The summed E-state index contributed by atoms with van der Waals surface area (Å²) in [5.41, 5.74) is -1.23. The van der Waals surface area contributed by atoms with Gasteiger partial charge in [-0.05, 0) is 37.8 Å². The lowest BCUT2D eigenvalue weighted by Gasteiger charge is -2.44. The van der Waals surface area contributed by atoms with E-state index in [0.717, 1.165) is 6.42 Å². The van der Waals surface area contributed by atoms with Gasteiger partial charge in [-0.25, -0.2) is 12.8 Å². The van der Waals surface area contributed by atoms with Crippen molar-refractivity contribution < 1.29 is 22.7 Å². The highest BCUT2D eigenvalue weighted by atomic mass is 32.2. The van der Waals surface area contributed by atoms with Crippen LogP contribution in [0.1, 0.15) is 37.7 Å².